The summed E-state index contributed by atoms with van der Waals surface area (Å²) in [6.07, 6.45) is 2.90. The van der Waals surface area contributed by atoms with Crippen LogP contribution in [0.4, 0.5) is 4.39 Å². The van der Waals surface area contributed by atoms with Gasteiger partial charge in [0, 0.05) is 18.1 Å². The molecule has 0 fully saturated rings. The van der Waals surface area contributed by atoms with Crippen LogP contribution in [0.25, 0.3) is 10.9 Å². The molecule has 1 aromatic carbocycles. The fourth-order valence-electron chi connectivity index (χ4n) is 2.07. The molecule has 0 spiro atoms. The van der Waals surface area contributed by atoms with Crippen molar-refractivity contribution in [2.75, 3.05) is 0 Å². The molecule has 2 aromatic rings. The molecule has 0 aliphatic carbocycles. The molecular weight excluding hydrogens is 249 g/mol. The number of halogens is 1. The number of benzene rings is 1. The van der Waals surface area contributed by atoms with Crippen LogP contribution in [0.3, 0.4) is 0 Å². The molecule has 2 rings (SSSR count). The van der Waals surface area contributed by atoms with E-state index >= 15 is 0 Å². The van der Waals surface area contributed by atoms with Crippen molar-refractivity contribution in [2.45, 2.75) is 26.3 Å². The third-order valence-electron chi connectivity index (χ3n) is 3.03. The van der Waals surface area contributed by atoms with Gasteiger partial charge < -0.3 is 9.67 Å². The number of hydrogen-bond donors (Lipinski definition) is 1. The number of rotatable bonds is 4. The summed E-state index contributed by atoms with van der Waals surface area (Å²) in [5.74, 6) is -1.80. The molecule has 0 saturated heterocycles. The number of unbranched alkanes of at least 4 members (excludes halogenated alkanes) is 1. The molecule has 100 valence electrons. The first-order valence-corrected chi connectivity index (χ1v) is 6.11. The Bertz CT molecular complexity index is 691. The molecule has 0 aliphatic rings. The number of aromatic carboxylic acids is 1. The van der Waals surface area contributed by atoms with Crippen LogP contribution in [-0.2, 0) is 6.54 Å². The largest absolute Gasteiger partial charge is 0.477 e. The quantitative estimate of drug-likeness (QED) is 0.922. The zero-order chi connectivity index (χ0) is 14.0. The maximum atomic E-state index is 13.9. The number of hydrogen-bond acceptors (Lipinski definition) is 2. The number of carboxylic acid groups (broad SMARTS) is 1. The molecule has 0 radical (unpaired) electrons. The summed E-state index contributed by atoms with van der Waals surface area (Å²) in [4.78, 5) is 23.1. The summed E-state index contributed by atoms with van der Waals surface area (Å²) in [7, 11) is 0. The van der Waals surface area contributed by atoms with Crippen molar-refractivity contribution < 1.29 is 14.3 Å². The number of pyridine rings is 1. The molecule has 1 aromatic heterocycles. The lowest BCUT2D eigenvalue weighted by Crippen LogP contribution is -2.19. The average Bonchev–Trinajstić information content (AvgIpc) is 2.38. The zero-order valence-electron chi connectivity index (χ0n) is 10.5. The van der Waals surface area contributed by atoms with Crippen LogP contribution in [-0.4, -0.2) is 15.6 Å². The minimum Gasteiger partial charge on any atom is -0.477 e. The van der Waals surface area contributed by atoms with Gasteiger partial charge in [-0.1, -0.05) is 19.4 Å². The fourth-order valence-corrected chi connectivity index (χ4v) is 2.07. The van der Waals surface area contributed by atoms with Gasteiger partial charge in [0.2, 0.25) is 5.43 Å². The standard InChI is InChI=1S/C14H14FNO3/c1-2-3-7-16-8-10(14(18)19)13(17)9-5-4-6-11(15)12(9)16/h4-6,8H,2-3,7H2,1H3,(H,18,19). The summed E-state index contributed by atoms with van der Waals surface area (Å²) in [5, 5.41) is 9.14. The Labute approximate surface area is 109 Å². The predicted molar refractivity (Wildman–Crippen MR) is 70.0 cm³/mol. The zero-order valence-corrected chi connectivity index (χ0v) is 10.5. The molecule has 1 N–H and O–H groups in total. The molecular formula is C14H14FNO3. The summed E-state index contributed by atoms with van der Waals surface area (Å²) in [5.41, 5.74) is -0.796. The first-order chi connectivity index (χ1) is 9.06. The van der Waals surface area contributed by atoms with Crippen LogP contribution in [0.15, 0.2) is 29.2 Å². The average molecular weight is 263 g/mol. The number of aryl methyl sites for hydroxylation is 1. The summed E-state index contributed by atoms with van der Waals surface area (Å²) >= 11 is 0. The molecule has 0 aliphatic heterocycles. The van der Waals surface area contributed by atoms with Gasteiger partial charge in [0.15, 0.2) is 0 Å². The lowest BCUT2D eigenvalue weighted by molar-refractivity contribution is 0.0695. The van der Waals surface area contributed by atoms with Gasteiger partial charge in [0.1, 0.15) is 11.4 Å². The Kier molecular flexibility index (Phi) is 3.64. The van der Waals surface area contributed by atoms with Crippen LogP contribution >= 0.6 is 0 Å². The normalized spacial score (nSPS) is 10.8. The third kappa shape index (κ3) is 2.36. The molecule has 0 saturated carbocycles. The summed E-state index contributed by atoms with van der Waals surface area (Å²) in [6.45, 7) is 2.47. The first kappa shape index (κ1) is 13.3. The third-order valence-corrected chi connectivity index (χ3v) is 3.03. The maximum Gasteiger partial charge on any atom is 0.341 e. The van der Waals surface area contributed by atoms with Gasteiger partial charge in [-0.3, -0.25) is 4.79 Å². The molecule has 0 unspecified atom stereocenters. The van der Waals surface area contributed by atoms with Gasteiger partial charge in [-0.05, 0) is 18.6 Å². The predicted octanol–water partition coefficient (Wildman–Crippen LogP) is 2.64. The smallest absolute Gasteiger partial charge is 0.341 e. The van der Waals surface area contributed by atoms with E-state index in [9.17, 15) is 14.0 Å². The number of fused-ring (bicyclic) bond motifs is 1. The van der Waals surface area contributed by atoms with Gasteiger partial charge >= 0.3 is 5.97 Å². The second-order valence-electron chi connectivity index (χ2n) is 4.36. The van der Waals surface area contributed by atoms with E-state index in [-0.39, 0.29) is 16.5 Å². The molecule has 4 nitrogen and oxygen atoms in total. The van der Waals surface area contributed by atoms with Crippen LogP contribution < -0.4 is 5.43 Å². The minimum atomic E-state index is -1.29. The number of aromatic nitrogens is 1. The maximum absolute atomic E-state index is 13.9. The van der Waals surface area contributed by atoms with Crippen molar-refractivity contribution >= 4 is 16.9 Å². The van der Waals surface area contributed by atoms with E-state index in [0.29, 0.717) is 6.54 Å². The Morgan fingerprint density at radius 2 is 2.16 bits per heavy atom. The summed E-state index contributed by atoms with van der Waals surface area (Å²) < 4.78 is 15.4. The number of carbonyl (C=O) groups is 1. The van der Waals surface area contributed by atoms with Crippen LogP contribution in [0, 0.1) is 5.82 Å². The highest BCUT2D eigenvalue weighted by molar-refractivity contribution is 5.92. The van der Waals surface area contributed by atoms with Crippen LogP contribution in [0.5, 0.6) is 0 Å². The Hall–Kier alpha value is -2.17. The Balaban J connectivity index is 2.80. The van der Waals surface area contributed by atoms with Gasteiger partial charge in [-0.15, -0.1) is 0 Å². The van der Waals surface area contributed by atoms with E-state index in [1.165, 1.54) is 29.0 Å². The highest BCUT2D eigenvalue weighted by Crippen LogP contribution is 2.16. The molecule has 1 heterocycles. The minimum absolute atomic E-state index is 0.107. The Morgan fingerprint density at radius 3 is 2.79 bits per heavy atom. The van der Waals surface area contributed by atoms with E-state index in [1.54, 1.807) is 0 Å². The van der Waals surface area contributed by atoms with Crippen LogP contribution in [0.1, 0.15) is 30.1 Å². The van der Waals surface area contributed by atoms with Crippen molar-refractivity contribution in [3.05, 3.63) is 46.0 Å². The SMILES string of the molecule is CCCCn1cc(C(=O)O)c(=O)c2cccc(F)c21. The van der Waals surface area contributed by atoms with Crippen LogP contribution in [0.2, 0.25) is 0 Å². The first-order valence-electron chi connectivity index (χ1n) is 6.11. The van der Waals surface area contributed by atoms with Gasteiger partial charge in [0.05, 0.1) is 5.52 Å². The fraction of sp³-hybridized carbons (Fsp3) is 0.286. The molecule has 0 amide bonds. The van der Waals surface area contributed by atoms with Gasteiger partial charge in [-0.25, -0.2) is 9.18 Å². The lowest BCUT2D eigenvalue weighted by Gasteiger charge is -2.12. The van der Waals surface area contributed by atoms with Crippen molar-refractivity contribution in [3.8, 4) is 0 Å². The van der Waals surface area contributed by atoms with E-state index < -0.39 is 17.2 Å². The monoisotopic (exact) mass is 263 g/mol. The van der Waals surface area contributed by atoms with Gasteiger partial charge in [-0.2, -0.15) is 0 Å². The number of para-hydroxylation sites is 1. The van der Waals surface area contributed by atoms with E-state index in [1.807, 2.05) is 6.92 Å². The second kappa shape index (κ2) is 5.22. The van der Waals surface area contributed by atoms with Crippen molar-refractivity contribution in [3.63, 3.8) is 0 Å². The van der Waals surface area contributed by atoms with E-state index in [0.717, 1.165) is 12.8 Å². The molecule has 19 heavy (non-hydrogen) atoms. The molecule has 0 atom stereocenters. The highest BCUT2D eigenvalue weighted by atomic mass is 19.1. The second-order valence-corrected chi connectivity index (χ2v) is 4.36. The Morgan fingerprint density at radius 1 is 1.42 bits per heavy atom. The van der Waals surface area contributed by atoms with Crippen molar-refractivity contribution in [2.24, 2.45) is 0 Å². The molecule has 0 bridgehead atoms. The van der Waals surface area contributed by atoms with Gasteiger partial charge in [0.25, 0.3) is 0 Å². The number of carboxylic acids is 1. The van der Waals surface area contributed by atoms with Crippen molar-refractivity contribution in [1.82, 2.24) is 4.57 Å². The lowest BCUT2D eigenvalue weighted by atomic mass is 10.1. The van der Waals surface area contributed by atoms with E-state index in [4.69, 9.17) is 5.11 Å². The number of nitrogens with zero attached hydrogens (tertiary/aromatic N) is 1. The van der Waals surface area contributed by atoms with E-state index in [2.05, 4.69) is 0 Å². The molecule has 5 heteroatoms. The summed E-state index contributed by atoms with van der Waals surface area (Å²) in [6, 6.07) is 4.13. The topological polar surface area (TPSA) is 59.3 Å². The van der Waals surface area contributed by atoms with Crippen molar-refractivity contribution in [1.29, 1.82) is 0 Å². The highest BCUT2D eigenvalue weighted by Gasteiger charge is 2.16.